The van der Waals surface area contributed by atoms with E-state index in [4.69, 9.17) is 0 Å². The Morgan fingerprint density at radius 3 is 2.54 bits per heavy atom. The number of hydrogen-bond donors (Lipinski definition) is 2. The predicted molar refractivity (Wildman–Crippen MR) is 94.1 cm³/mol. The number of aromatic amines is 1. The number of H-pyrrole nitrogens is 1. The zero-order valence-corrected chi connectivity index (χ0v) is 14.8. The van der Waals surface area contributed by atoms with E-state index in [9.17, 15) is 14.0 Å². The third-order valence-corrected chi connectivity index (χ3v) is 4.63. The first-order chi connectivity index (χ1) is 12.5. The molecule has 8 heteroatoms. The van der Waals surface area contributed by atoms with Crippen molar-refractivity contribution >= 4 is 11.9 Å². The lowest BCUT2D eigenvalue weighted by Crippen LogP contribution is -2.53. The van der Waals surface area contributed by atoms with Crippen molar-refractivity contribution in [2.75, 3.05) is 26.2 Å². The highest BCUT2D eigenvalue weighted by Gasteiger charge is 2.26. The van der Waals surface area contributed by atoms with Crippen molar-refractivity contribution in [1.82, 2.24) is 25.3 Å². The molecule has 0 aliphatic carbocycles. The molecule has 1 aliphatic heterocycles. The van der Waals surface area contributed by atoms with E-state index in [-0.39, 0.29) is 23.8 Å². The van der Waals surface area contributed by atoms with E-state index >= 15 is 0 Å². The summed E-state index contributed by atoms with van der Waals surface area (Å²) in [6, 6.07) is 4.17. The van der Waals surface area contributed by atoms with Gasteiger partial charge in [0.15, 0.2) is 0 Å². The zero-order chi connectivity index (χ0) is 18.7. The molecule has 3 amide bonds. The van der Waals surface area contributed by atoms with Gasteiger partial charge in [-0.05, 0) is 31.5 Å². The number of aromatic nitrogens is 2. The molecule has 138 valence electrons. The van der Waals surface area contributed by atoms with Crippen LogP contribution in [0.15, 0.2) is 30.6 Å². The number of piperazine rings is 1. The molecule has 1 fully saturated rings. The van der Waals surface area contributed by atoms with Crippen molar-refractivity contribution in [3.63, 3.8) is 0 Å². The number of urea groups is 1. The molecule has 3 rings (SSSR count). The number of carbonyl (C=O) groups excluding carboxylic acids is 2. The van der Waals surface area contributed by atoms with Gasteiger partial charge in [-0.1, -0.05) is 6.07 Å². The van der Waals surface area contributed by atoms with Crippen molar-refractivity contribution in [1.29, 1.82) is 0 Å². The number of rotatable bonds is 3. The minimum absolute atomic E-state index is 0.156. The molecule has 2 N–H and O–H groups in total. The molecule has 1 unspecified atom stereocenters. The molecule has 0 spiro atoms. The number of benzene rings is 1. The second-order valence-corrected chi connectivity index (χ2v) is 6.45. The van der Waals surface area contributed by atoms with Crippen LogP contribution < -0.4 is 5.32 Å². The highest BCUT2D eigenvalue weighted by atomic mass is 19.1. The smallest absolute Gasteiger partial charge is 0.317 e. The quantitative estimate of drug-likeness (QED) is 0.880. The largest absolute Gasteiger partial charge is 0.335 e. The van der Waals surface area contributed by atoms with Gasteiger partial charge in [-0.15, -0.1) is 0 Å². The maximum Gasteiger partial charge on any atom is 0.317 e. The Kier molecular flexibility index (Phi) is 5.20. The van der Waals surface area contributed by atoms with Gasteiger partial charge in [0, 0.05) is 43.5 Å². The number of hydrogen-bond acceptors (Lipinski definition) is 3. The second-order valence-electron chi connectivity index (χ2n) is 6.45. The van der Waals surface area contributed by atoms with Crippen LogP contribution in [0.2, 0.25) is 0 Å². The number of nitrogens with zero attached hydrogens (tertiary/aromatic N) is 3. The first-order valence-electron chi connectivity index (χ1n) is 8.55. The molecular weight excluding hydrogens is 337 g/mol. The Balaban J connectivity index is 1.54. The summed E-state index contributed by atoms with van der Waals surface area (Å²) in [5, 5.41) is 9.51. The Bertz CT molecular complexity index is 785. The van der Waals surface area contributed by atoms with Gasteiger partial charge in [-0.3, -0.25) is 9.89 Å². The molecule has 1 aliphatic rings. The SMILES string of the molecule is Cc1ccc(C(=O)N2CCN(C(=O)NC(C)c3cn[nH]c3)CC2)cc1F. The second kappa shape index (κ2) is 7.55. The normalized spacial score (nSPS) is 15.7. The summed E-state index contributed by atoms with van der Waals surface area (Å²) in [4.78, 5) is 28.2. The molecule has 1 aromatic carbocycles. The monoisotopic (exact) mass is 359 g/mol. The maximum absolute atomic E-state index is 13.7. The number of halogens is 1. The Labute approximate surface area is 151 Å². The lowest BCUT2D eigenvalue weighted by Gasteiger charge is -2.35. The summed E-state index contributed by atoms with van der Waals surface area (Å²) in [7, 11) is 0. The van der Waals surface area contributed by atoms with Gasteiger partial charge in [0.1, 0.15) is 5.82 Å². The van der Waals surface area contributed by atoms with Crippen LogP contribution in [0.3, 0.4) is 0 Å². The summed E-state index contributed by atoms with van der Waals surface area (Å²) in [6.07, 6.45) is 3.41. The Morgan fingerprint density at radius 1 is 1.23 bits per heavy atom. The van der Waals surface area contributed by atoms with E-state index in [0.717, 1.165) is 5.56 Å². The molecule has 7 nitrogen and oxygen atoms in total. The zero-order valence-electron chi connectivity index (χ0n) is 14.8. The molecular formula is C18H22FN5O2. The van der Waals surface area contributed by atoms with Crippen LogP contribution in [0.5, 0.6) is 0 Å². The lowest BCUT2D eigenvalue weighted by atomic mass is 10.1. The van der Waals surface area contributed by atoms with Gasteiger partial charge >= 0.3 is 6.03 Å². The van der Waals surface area contributed by atoms with Crippen LogP contribution in [0.4, 0.5) is 9.18 Å². The van der Waals surface area contributed by atoms with Crippen LogP contribution in [0.1, 0.15) is 34.5 Å². The van der Waals surface area contributed by atoms with Gasteiger partial charge < -0.3 is 15.1 Å². The van der Waals surface area contributed by atoms with Crippen molar-refractivity contribution in [3.05, 3.63) is 53.1 Å². The van der Waals surface area contributed by atoms with E-state index < -0.39 is 0 Å². The van der Waals surface area contributed by atoms with E-state index in [0.29, 0.717) is 37.3 Å². The van der Waals surface area contributed by atoms with Crippen molar-refractivity contribution in [2.24, 2.45) is 0 Å². The predicted octanol–water partition coefficient (Wildman–Crippen LogP) is 2.09. The number of nitrogens with one attached hydrogen (secondary N) is 2. The Morgan fingerprint density at radius 2 is 1.92 bits per heavy atom. The van der Waals surface area contributed by atoms with E-state index in [1.165, 1.54) is 6.07 Å². The van der Waals surface area contributed by atoms with E-state index in [1.807, 2.05) is 6.92 Å². The highest BCUT2D eigenvalue weighted by Crippen LogP contribution is 2.14. The number of carbonyl (C=O) groups is 2. The summed E-state index contributed by atoms with van der Waals surface area (Å²) < 4.78 is 13.7. The summed E-state index contributed by atoms with van der Waals surface area (Å²) in [6.45, 7) is 5.25. The first-order valence-corrected chi connectivity index (χ1v) is 8.55. The topological polar surface area (TPSA) is 81.3 Å². The van der Waals surface area contributed by atoms with Crippen LogP contribution in [-0.2, 0) is 0 Å². The molecule has 1 atom stereocenters. The fraction of sp³-hybridized carbons (Fsp3) is 0.389. The Hall–Kier alpha value is -2.90. The molecule has 26 heavy (non-hydrogen) atoms. The van der Waals surface area contributed by atoms with Gasteiger partial charge in [0.2, 0.25) is 0 Å². The van der Waals surface area contributed by atoms with Gasteiger partial charge in [0.25, 0.3) is 5.91 Å². The van der Waals surface area contributed by atoms with Gasteiger partial charge in [-0.2, -0.15) is 5.10 Å². The third-order valence-electron chi connectivity index (χ3n) is 4.63. The van der Waals surface area contributed by atoms with E-state index in [1.54, 1.807) is 41.2 Å². The van der Waals surface area contributed by atoms with Crippen LogP contribution in [-0.4, -0.2) is 58.1 Å². The molecule has 1 saturated heterocycles. The number of amides is 3. The summed E-state index contributed by atoms with van der Waals surface area (Å²) >= 11 is 0. The number of aryl methyl sites for hydroxylation is 1. The molecule has 0 bridgehead atoms. The maximum atomic E-state index is 13.7. The fourth-order valence-electron chi connectivity index (χ4n) is 2.88. The van der Waals surface area contributed by atoms with Crippen molar-refractivity contribution < 1.29 is 14.0 Å². The molecule has 0 radical (unpaired) electrons. The molecule has 2 aromatic rings. The third kappa shape index (κ3) is 3.84. The summed E-state index contributed by atoms with van der Waals surface area (Å²) in [5.41, 5.74) is 1.74. The average Bonchev–Trinajstić information content (AvgIpc) is 3.18. The van der Waals surface area contributed by atoms with Crippen LogP contribution >= 0.6 is 0 Å². The molecule has 0 saturated carbocycles. The minimum Gasteiger partial charge on any atom is -0.335 e. The van der Waals surface area contributed by atoms with E-state index in [2.05, 4.69) is 15.5 Å². The van der Waals surface area contributed by atoms with Crippen LogP contribution in [0.25, 0.3) is 0 Å². The van der Waals surface area contributed by atoms with Crippen molar-refractivity contribution in [2.45, 2.75) is 19.9 Å². The minimum atomic E-state index is -0.387. The van der Waals surface area contributed by atoms with Gasteiger partial charge in [0.05, 0.1) is 12.2 Å². The molecule has 2 heterocycles. The summed E-state index contributed by atoms with van der Waals surface area (Å²) in [5.74, 6) is -0.599. The molecule has 1 aromatic heterocycles. The van der Waals surface area contributed by atoms with Gasteiger partial charge in [-0.25, -0.2) is 9.18 Å². The van der Waals surface area contributed by atoms with Crippen molar-refractivity contribution in [3.8, 4) is 0 Å². The highest BCUT2D eigenvalue weighted by molar-refractivity contribution is 5.94. The lowest BCUT2D eigenvalue weighted by molar-refractivity contribution is 0.0663. The average molecular weight is 359 g/mol. The fourth-order valence-corrected chi connectivity index (χ4v) is 2.88. The first kappa shape index (κ1) is 17.9. The van der Waals surface area contributed by atoms with Crippen LogP contribution in [0, 0.1) is 12.7 Å². The standard InChI is InChI=1S/C18H22FN5O2/c1-12-3-4-14(9-16(12)19)17(25)23-5-7-24(8-6-23)18(26)22-13(2)15-10-20-21-11-15/h3-4,9-11,13H,5-8H2,1-2H3,(H,20,21)(H,22,26).